The fourth-order valence-electron chi connectivity index (χ4n) is 2.43. The quantitative estimate of drug-likeness (QED) is 0.876. The average molecular weight is 283 g/mol. The van der Waals surface area contributed by atoms with E-state index in [-0.39, 0.29) is 6.04 Å². The molecule has 1 aromatic rings. The number of piperidine rings is 1. The molecule has 0 amide bonds. The first kappa shape index (κ1) is 12.1. The molecule has 1 aromatic carbocycles. The van der Waals surface area contributed by atoms with Gasteiger partial charge in [0, 0.05) is 10.5 Å². The predicted molar refractivity (Wildman–Crippen MR) is 71.4 cm³/mol. The molecule has 88 valence electrons. The van der Waals surface area contributed by atoms with Crippen LogP contribution in [0.1, 0.15) is 30.0 Å². The van der Waals surface area contributed by atoms with E-state index >= 15 is 0 Å². The lowest BCUT2D eigenvalue weighted by Gasteiger charge is -2.29. The second-order valence-electron chi connectivity index (χ2n) is 4.61. The van der Waals surface area contributed by atoms with Crippen LogP contribution in [-0.2, 0) is 0 Å². The first-order valence-electron chi connectivity index (χ1n) is 5.91. The summed E-state index contributed by atoms with van der Waals surface area (Å²) in [4.78, 5) is 0. The third-order valence-electron chi connectivity index (χ3n) is 3.49. The number of rotatable bonds is 2. The molecule has 2 nitrogen and oxygen atoms in total. The molecule has 0 aliphatic carbocycles. The number of aryl methyl sites for hydroxylation is 1. The van der Waals surface area contributed by atoms with Crippen molar-refractivity contribution in [3.63, 3.8) is 0 Å². The van der Waals surface area contributed by atoms with Crippen LogP contribution in [0.2, 0.25) is 0 Å². The topological polar surface area (TPSA) is 38.0 Å². The zero-order valence-corrected chi connectivity index (χ0v) is 11.3. The summed E-state index contributed by atoms with van der Waals surface area (Å²) in [6.45, 7) is 4.35. The zero-order chi connectivity index (χ0) is 11.5. The Balaban J connectivity index is 2.18. The minimum Gasteiger partial charge on any atom is -0.324 e. The molecule has 1 atom stereocenters. The Morgan fingerprint density at radius 3 is 2.75 bits per heavy atom. The number of nitrogens with one attached hydrogen (secondary N) is 1. The van der Waals surface area contributed by atoms with Gasteiger partial charge >= 0.3 is 0 Å². The van der Waals surface area contributed by atoms with Gasteiger partial charge in [0.2, 0.25) is 0 Å². The van der Waals surface area contributed by atoms with E-state index in [0.29, 0.717) is 5.92 Å². The van der Waals surface area contributed by atoms with Crippen molar-refractivity contribution in [1.29, 1.82) is 0 Å². The van der Waals surface area contributed by atoms with E-state index in [2.05, 4.69) is 46.4 Å². The minimum atomic E-state index is 0.180. The van der Waals surface area contributed by atoms with Crippen molar-refractivity contribution >= 4 is 15.9 Å². The average Bonchev–Trinajstić information content (AvgIpc) is 2.32. The summed E-state index contributed by atoms with van der Waals surface area (Å²) < 4.78 is 1.12. The summed E-state index contributed by atoms with van der Waals surface area (Å²) in [6.07, 6.45) is 2.38. The first-order chi connectivity index (χ1) is 7.68. The van der Waals surface area contributed by atoms with Gasteiger partial charge in [-0.1, -0.05) is 22.0 Å². The lowest BCUT2D eigenvalue weighted by molar-refractivity contribution is 0.321. The second-order valence-corrected chi connectivity index (χ2v) is 5.53. The van der Waals surface area contributed by atoms with E-state index in [4.69, 9.17) is 5.73 Å². The van der Waals surface area contributed by atoms with E-state index in [1.807, 2.05) is 0 Å². The molecule has 0 bridgehead atoms. The van der Waals surface area contributed by atoms with Crippen LogP contribution in [0, 0.1) is 12.8 Å². The summed E-state index contributed by atoms with van der Waals surface area (Å²) in [7, 11) is 0. The van der Waals surface area contributed by atoms with E-state index in [1.54, 1.807) is 0 Å². The maximum Gasteiger partial charge on any atom is 0.0327 e. The Morgan fingerprint density at radius 2 is 2.06 bits per heavy atom. The molecule has 1 aliphatic rings. The van der Waals surface area contributed by atoms with Crippen LogP contribution in [0.15, 0.2) is 22.7 Å². The van der Waals surface area contributed by atoms with Crippen molar-refractivity contribution in [1.82, 2.24) is 5.32 Å². The van der Waals surface area contributed by atoms with E-state index < -0.39 is 0 Å². The van der Waals surface area contributed by atoms with Crippen LogP contribution in [0.5, 0.6) is 0 Å². The Labute approximate surface area is 106 Å². The Morgan fingerprint density at radius 1 is 1.38 bits per heavy atom. The van der Waals surface area contributed by atoms with Gasteiger partial charge in [0.1, 0.15) is 0 Å². The molecule has 1 aliphatic heterocycles. The van der Waals surface area contributed by atoms with Crippen LogP contribution in [-0.4, -0.2) is 13.1 Å². The highest BCUT2D eigenvalue weighted by Crippen LogP contribution is 2.30. The number of nitrogens with two attached hydrogens (primary N) is 1. The Hall–Kier alpha value is -0.380. The standard InChI is InChI=1S/C13H19BrN2/c1-9-2-3-11(14)8-12(9)13(15)10-4-6-16-7-5-10/h2-3,8,10,13,16H,4-7,15H2,1H3. The summed E-state index contributed by atoms with van der Waals surface area (Å²) >= 11 is 3.52. The second kappa shape index (κ2) is 5.30. The van der Waals surface area contributed by atoms with Crippen LogP contribution in [0.25, 0.3) is 0 Å². The number of hydrogen-bond acceptors (Lipinski definition) is 2. The highest BCUT2D eigenvalue weighted by Gasteiger charge is 2.22. The number of benzene rings is 1. The zero-order valence-electron chi connectivity index (χ0n) is 9.67. The smallest absolute Gasteiger partial charge is 0.0327 e. The van der Waals surface area contributed by atoms with Crippen LogP contribution in [0.4, 0.5) is 0 Å². The fourth-order valence-corrected chi connectivity index (χ4v) is 2.81. The molecule has 16 heavy (non-hydrogen) atoms. The molecule has 0 aromatic heterocycles. The molecular formula is C13H19BrN2. The van der Waals surface area contributed by atoms with Gasteiger partial charge in [-0.15, -0.1) is 0 Å². The fraction of sp³-hybridized carbons (Fsp3) is 0.538. The van der Waals surface area contributed by atoms with Crippen molar-refractivity contribution in [2.45, 2.75) is 25.8 Å². The molecular weight excluding hydrogens is 264 g/mol. The Bertz CT molecular complexity index is 359. The van der Waals surface area contributed by atoms with Gasteiger partial charge in [0.05, 0.1) is 0 Å². The van der Waals surface area contributed by atoms with Gasteiger partial charge in [0.25, 0.3) is 0 Å². The molecule has 0 radical (unpaired) electrons. The van der Waals surface area contributed by atoms with Crippen molar-refractivity contribution < 1.29 is 0 Å². The van der Waals surface area contributed by atoms with Gasteiger partial charge in [-0.3, -0.25) is 0 Å². The number of halogens is 1. The van der Waals surface area contributed by atoms with Crippen molar-refractivity contribution in [2.75, 3.05) is 13.1 Å². The highest BCUT2D eigenvalue weighted by molar-refractivity contribution is 9.10. The third-order valence-corrected chi connectivity index (χ3v) is 3.99. The lowest BCUT2D eigenvalue weighted by Crippen LogP contribution is -2.34. The minimum absolute atomic E-state index is 0.180. The third kappa shape index (κ3) is 2.65. The molecule has 0 spiro atoms. The molecule has 0 saturated carbocycles. The highest BCUT2D eigenvalue weighted by atomic mass is 79.9. The van der Waals surface area contributed by atoms with E-state index in [1.165, 1.54) is 24.0 Å². The predicted octanol–water partition coefficient (Wildman–Crippen LogP) is 2.76. The van der Waals surface area contributed by atoms with Gasteiger partial charge in [0.15, 0.2) is 0 Å². The van der Waals surface area contributed by atoms with E-state index in [0.717, 1.165) is 17.6 Å². The molecule has 1 unspecified atom stereocenters. The van der Waals surface area contributed by atoms with Gasteiger partial charge in [-0.05, 0) is 62.0 Å². The summed E-state index contributed by atoms with van der Waals surface area (Å²) in [5, 5.41) is 3.38. The maximum atomic E-state index is 6.39. The lowest BCUT2D eigenvalue weighted by atomic mass is 9.85. The summed E-state index contributed by atoms with van der Waals surface area (Å²) in [5.74, 6) is 0.620. The first-order valence-corrected chi connectivity index (χ1v) is 6.70. The number of hydrogen-bond donors (Lipinski definition) is 2. The van der Waals surface area contributed by atoms with Crippen LogP contribution in [0.3, 0.4) is 0 Å². The monoisotopic (exact) mass is 282 g/mol. The van der Waals surface area contributed by atoms with Gasteiger partial charge in [-0.2, -0.15) is 0 Å². The van der Waals surface area contributed by atoms with Crippen molar-refractivity contribution in [3.05, 3.63) is 33.8 Å². The maximum absolute atomic E-state index is 6.39. The largest absolute Gasteiger partial charge is 0.324 e. The molecule has 1 fully saturated rings. The molecule has 1 heterocycles. The molecule has 3 heteroatoms. The molecule has 1 saturated heterocycles. The van der Waals surface area contributed by atoms with Crippen LogP contribution < -0.4 is 11.1 Å². The SMILES string of the molecule is Cc1ccc(Br)cc1C(N)C1CCNCC1. The van der Waals surface area contributed by atoms with E-state index in [9.17, 15) is 0 Å². The summed E-state index contributed by atoms with van der Waals surface area (Å²) in [5.41, 5.74) is 8.98. The van der Waals surface area contributed by atoms with Gasteiger partial charge < -0.3 is 11.1 Å². The summed E-state index contributed by atoms with van der Waals surface area (Å²) in [6, 6.07) is 6.57. The molecule has 2 rings (SSSR count). The molecule has 3 N–H and O–H groups in total. The normalized spacial score (nSPS) is 19.7. The van der Waals surface area contributed by atoms with Gasteiger partial charge in [-0.25, -0.2) is 0 Å². The Kier molecular flexibility index (Phi) is 4.00. The van der Waals surface area contributed by atoms with Crippen molar-refractivity contribution in [3.8, 4) is 0 Å². The van der Waals surface area contributed by atoms with Crippen molar-refractivity contribution in [2.24, 2.45) is 11.7 Å². The van der Waals surface area contributed by atoms with Crippen LogP contribution >= 0.6 is 15.9 Å².